The molecule has 7 heteroatoms. The second-order valence-corrected chi connectivity index (χ2v) is 4.45. The standard InChI is InChI=1S/C7H15NO4S.Mg.2H/c1-3-7(8-6(2)9)4-5-13(10,11)12;;;/h7H,3-5H2,1-2H3,(H,8,9)(H,10,11,12);;;. The summed E-state index contributed by atoms with van der Waals surface area (Å²) in [5.74, 6) is -0.506. The molecule has 0 bridgehead atoms. The smallest absolute Gasteiger partial charge is 0.316 e. The van der Waals surface area contributed by atoms with Gasteiger partial charge in [-0.2, -0.15) is 8.42 Å². The van der Waals surface area contributed by atoms with E-state index >= 15 is 0 Å². The van der Waals surface area contributed by atoms with Crippen LogP contribution in [-0.2, 0) is 14.9 Å². The van der Waals surface area contributed by atoms with Gasteiger partial charge in [0.15, 0.2) is 0 Å². The molecule has 0 saturated heterocycles. The fourth-order valence-corrected chi connectivity index (χ4v) is 1.54. The van der Waals surface area contributed by atoms with Crippen LogP contribution in [0.2, 0.25) is 0 Å². The summed E-state index contributed by atoms with van der Waals surface area (Å²) in [6.45, 7) is 3.21. The molecule has 0 radical (unpaired) electrons. The van der Waals surface area contributed by atoms with E-state index in [-0.39, 0.29) is 47.2 Å². The summed E-state index contributed by atoms with van der Waals surface area (Å²) in [7, 11) is -3.92. The van der Waals surface area contributed by atoms with Crippen molar-refractivity contribution in [1.82, 2.24) is 5.32 Å². The third kappa shape index (κ3) is 10.2. The maximum Gasteiger partial charge on any atom is 0.316 e. The lowest BCUT2D eigenvalue weighted by Gasteiger charge is -2.14. The Labute approximate surface area is 101 Å². The van der Waals surface area contributed by atoms with Crippen molar-refractivity contribution in [3.05, 3.63) is 0 Å². The quantitative estimate of drug-likeness (QED) is 0.486. The minimum atomic E-state index is -3.92. The molecule has 14 heavy (non-hydrogen) atoms. The summed E-state index contributed by atoms with van der Waals surface area (Å²) in [6.07, 6.45) is 0.893. The van der Waals surface area contributed by atoms with Crippen molar-refractivity contribution in [3.8, 4) is 0 Å². The van der Waals surface area contributed by atoms with Gasteiger partial charge in [-0.25, -0.2) is 0 Å². The van der Waals surface area contributed by atoms with E-state index in [0.717, 1.165) is 0 Å². The van der Waals surface area contributed by atoms with Crippen molar-refractivity contribution in [2.45, 2.75) is 32.7 Å². The highest BCUT2D eigenvalue weighted by atomic mass is 32.2. The van der Waals surface area contributed by atoms with Crippen LogP contribution in [0.1, 0.15) is 26.7 Å². The lowest BCUT2D eigenvalue weighted by atomic mass is 10.2. The summed E-state index contributed by atoms with van der Waals surface area (Å²) in [6, 6.07) is -0.181. The normalized spacial score (nSPS) is 12.8. The Bertz CT molecular complexity index is 265. The van der Waals surface area contributed by atoms with Crippen molar-refractivity contribution >= 4 is 39.1 Å². The van der Waals surface area contributed by atoms with Gasteiger partial charge < -0.3 is 5.32 Å². The molecule has 0 fully saturated rings. The number of amides is 1. The minimum Gasteiger partial charge on any atom is -0.354 e. The van der Waals surface area contributed by atoms with Gasteiger partial charge in [0, 0.05) is 13.0 Å². The molecule has 0 rings (SSSR count). The number of hydrogen-bond acceptors (Lipinski definition) is 3. The molecule has 0 aromatic heterocycles. The average molecular weight is 236 g/mol. The Morgan fingerprint density at radius 3 is 2.29 bits per heavy atom. The van der Waals surface area contributed by atoms with Crippen LogP contribution in [0.15, 0.2) is 0 Å². The van der Waals surface area contributed by atoms with Gasteiger partial charge in [0.25, 0.3) is 10.1 Å². The summed E-state index contributed by atoms with van der Waals surface area (Å²) in [5.41, 5.74) is 0. The van der Waals surface area contributed by atoms with Gasteiger partial charge in [-0.05, 0) is 12.8 Å². The molecule has 1 atom stereocenters. The van der Waals surface area contributed by atoms with E-state index in [9.17, 15) is 13.2 Å². The fraction of sp³-hybridized carbons (Fsp3) is 0.857. The maximum absolute atomic E-state index is 10.6. The first-order chi connectivity index (χ1) is 5.85. The van der Waals surface area contributed by atoms with Crippen LogP contribution in [-0.4, -0.2) is 53.7 Å². The zero-order valence-electron chi connectivity index (χ0n) is 7.78. The molecule has 0 heterocycles. The van der Waals surface area contributed by atoms with Crippen LogP contribution in [0.4, 0.5) is 0 Å². The molecule has 0 aliphatic heterocycles. The third-order valence-electron chi connectivity index (χ3n) is 1.62. The van der Waals surface area contributed by atoms with E-state index in [4.69, 9.17) is 4.55 Å². The molecule has 5 nitrogen and oxygen atoms in total. The first kappa shape index (κ1) is 16.6. The lowest BCUT2D eigenvalue weighted by molar-refractivity contribution is -0.119. The van der Waals surface area contributed by atoms with E-state index in [2.05, 4.69) is 5.32 Å². The summed E-state index contributed by atoms with van der Waals surface area (Å²) in [5, 5.41) is 2.59. The van der Waals surface area contributed by atoms with Crippen LogP contribution in [0, 0.1) is 0 Å². The van der Waals surface area contributed by atoms with Gasteiger partial charge >= 0.3 is 23.1 Å². The molecular formula is C7H17MgNO4S. The molecule has 0 spiro atoms. The van der Waals surface area contributed by atoms with E-state index in [1.807, 2.05) is 6.92 Å². The maximum atomic E-state index is 10.6. The van der Waals surface area contributed by atoms with Crippen LogP contribution >= 0.6 is 0 Å². The Morgan fingerprint density at radius 1 is 1.50 bits per heavy atom. The van der Waals surface area contributed by atoms with Crippen molar-refractivity contribution in [3.63, 3.8) is 0 Å². The minimum absolute atomic E-state index is 0. The van der Waals surface area contributed by atoms with Gasteiger partial charge in [0.1, 0.15) is 0 Å². The van der Waals surface area contributed by atoms with Crippen molar-refractivity contribution in [2.24, 2.45) is 0 Å². The predicted octanol–water partition coefficient (Wildman–Crippen LogP) is -0.737. The SMILES string of the molecule is CCC(CCS(=O)(=O)O)NC(C)=O.[MgH2]. The molecule has 0 saturated carbocycles. The van der Waals surface area contributed by atoms with E-state index < -0.39 is 10.1 Å². The van der Waals surface area contributed by atoms with Gasteiger partial charge in [-0.3, -0.25) is 9.35 Å². The molecule has 1 amide bonds. The summed E-state index contributed by atoms with van der Waals surface area (Å²) < 4.78 is 29.2. The van der Waals surface area contributed by atoms with Gasteiger partial charge in [-0.1, -0.05) is 6.92 Å². The molecule has 0 aromatic carbocycles. The molecule has 0 aromatic rings. The molecule has 82 valence electrons. The molecule has 0 aliphatic rings. The Morgan fingerprint density at radius 2 is 2.00 bits per heavy atom. The monoisotopic (exact) mass is 235 g/mol. The third-order valence-corrected chi connectivity index (χ3v) is 2.38. The zero-order chi connectivity index (χ0) is 10.5. The molecular weight excluding hydrogens is 218 g/mol. The lowest BCUT2D eigenvalue weighted by Crippen LogP contribution is -2.33. The number of hydrogen-bond donors (Lipinski definition) is 2. The molecule has 2 N–H and O–H groups in total. The zero-order valence-corrected chi connectivity index (χ0v) is 8.60. The number of rotatable bonds is 5. The Kier molecular flexibility index (Phi) is 8.81. The van der Waals surface area contributed by atoms with Crippen LogP contribution in [0.3, 0.4) is 0 Å². The summed E-state index contributed by atoms with van der Waals surface area (Å²) >= 11 is 0. The fourth-order valence-electron chi connectivity index (χ4n) is 0.957. The second kappa shape index (κ2) is 7.44. The first-order valence-corrected chi connectivity index (χ1v) is 5.68. The number of nitrogens with one attached hydrogen (secondary N) is 1. The van der Waals surface area contributed by atoms with E-state index in [0.29, 0.717) is 6.42 Å². The van der Waals surface area contributed by atoms with Gasteiger partial charge in [-0.15, -0.1) is 0 Å². The second-order valence-electron chi connectivity index (χ2n) is 2.88. The summed E-state index contributed by atoms with van der Waals surface area (Å²) in [4.78, 5) is 10.6. The largest absolute Gasteiger partial charge is 0.354 e. The highest BCUT2D eigenvalue weighted by Crippen LogP contribution is 1.99. The van der Waals surface area contributed by atoms with Crippen LogP contribution in [0.5, 0.6) is 0 Å². The predicted molar refractivity (Wildman–Crippen MR) is 57.5 cm³/mol. The first-order valence-electron chi connectivity index (χ1n) is 4.07. The highest BCUT2D eigenvalue weighted by molar-refractivity contribution is 7.85. The topological polar surface area (TPSA) is 83.5 Å². The highest BCUT2D eigenvalue weighted by Gasteiger charge is 2.12. The number of carbonyl (C=O) groups is 1. The Balaban J connectivity index is 0. The van der Waals surface area contributed by atoms with E-state index in [1.165, 1.54) is 6.92 Å². The van der Waals surface area contributed by atoms with Crippen molar-refractivity contribution < 1.29 is 17.8 Å². The van der Waals surface area contributed by atoms with Gasteiger partial charge in [0.05, 0.1) is 5.75 Å². The molecule has 1 unspecified atom stereocenters. The molecule has 0 aliphatic carbocycles. The van der Waals surface area contributed by atoms with Gasteiger partial charge in [0.2, 0.25) is 5.91 Å². The average Bonchev–Trinajstić information content (AvgIpc) is 1.95. The van der Waals surface area contributed by atoms with Crippen molar-refractivity contribution in [1.29, 1.82) is 0 Å². The number of carbonyl (C=O) groups excluding carboxylic acids is 1. The van der Waals surface area contributed by atoms with Crippen LogP contribution in [0.25, 0.3) is 0 Å². The van der Waals surface area contributed by atoms with E-state index in [1.54, 1.807) is 0 Å². The van der Waals surface area contributed by atoms with Crippen molar-refractivity contribution in [2.75, 3.05) is 5.75 Å². The van der Waals surface area contributed by atoms with Crippen LogP contribution < -0.4 is 5.32 Å². The Hall–Kier alpha value is 0.146.